The van der Waals surface area contributed by atoms with Crippen LogP contribution in [0.15, 0.2) is 52.7 Å². The molecule has 0 atom stereocenters. The second kappa shape index (κ2) is 5.75. The molecule has 0 unspecified atom stereocenters. The topological polar surface area (TPSA) is 78.8 Å². The highest BCUT2D eigenvalue weighted by Gasteiger charge is 2.26. The van der Waals surface area contributed by atoms with Crippen LogP contribution in [0.2, 0.25) is 0 Å². The molecule has 108 valence electrons. The Morgan fingerprint density at radius 2 is 1.95 bits per heavy atom. The van der Waals surface area contributed by atoms with Gasteiger partial charge in [-0.25, -0.2) is 4.79 Å². The quantitative estimate of drug-likeness (QED) is 0.834. The molecule has 1 aliphatic rings. The second-order valence-corrected chi connectivity index (χ2v) is 4.69. The van der Waals surface area contributed by atoms with Crippen molar-refractivity contribution in [3.63, 3.8) is 0 Å². The number of nitrogens with one attached hydrogen (secondary N) is 1. The number of aliphatic imine (C=N–C) groups is 1. The van der Waals surface area contributed by atoms with Gasteiger partial charge in [0.2, 0.25) is 0 Å². The molecule has 1 aromatic carbocycles. The van der Waals surface area contributed by atoms with Crippen molar-refractivity contribution in [1.29, 1.82) is 0 Å². The molecule has 2 rings (SSSR count). The number of hydrogen-bond donors (Lipinski definition) is 2. The lowest BCUT2D eigenvalue weighted by atomic mass is 10.0. The van der Waals surface area contributed by atoms with Crippen molar-refractivity contribution in [1.82, 2.24) is 5.32 Å². The molecule has 0 spiro atoms. The zero-order valence-corrected chi connectivity index (χ0v) is 11.9. The summed E-state index contributed by atoms with van der Waals surface area (Å²) in [7, 11) is 0. The fraction of sp³-hybridized carbons (Fsp3) is 0.188. The molecule has 1 aliphatic heterocycles. The predicted octanol–water partition coefficient (Wildman–Crippen LogP) is 2.83. The Kier molecular flexibility index (Phi) is 4.03. The Bertz CT molecular complexity index is 682. The van der Waals surface area contributed by atoms with Crippen molar-refractivity contribution in [2.24, 2.45) is 4.99 Å². The summed E-state index contributed by atoms with van der Waals surface area (Å²) in [6.45, 7) is 7.53. The van der Waals surface area contributed by atoms with Gasteiger partial charge in [0.05, 0.1) is 22.5 Å². The standard InChI is InChI=1S/C16H16N2O3/c1-4-13-9(2)18-15(19)14(13)10(3)17-12-7-5-11(6-8-12)16(20)21/h5-8H,2,4H2,1,3H3,(H,18,19)(H,20,21). The summed E-state index contributed by atoms with van der Waals surface area (Å²) in [6.07, 6.45) is 0.692. The maximum atomic E-state index is 11.9. The lowest BCUT2D eigenvalue weighted by Gasteiger charge is -2.03. The van der Waals surface area contributed by atoms with Crippen LogP contribution in [0.1, 0.15) is 30.6 Å². The summed E-state index contributed by atoms with van der Waals surface area (Å²) < 4.78 is 0. The summed E-state index contributed by atoms with van der Waals surface area (Å²) in [5.41, 5.74) is 3.42. The van der Waals surface area contributed by atoms with E-state index in [1.54, 1.807) is 19.1 Å². The zero-order valence-electron chi connectivity index (χ0n) is 11.9. The minimum Gasteiger partial charge on any atom is -0.478 e. The number of amides is 1. The van der Waals surface area contributed by atoms with Crippen molar-refractivity contribution in [3.8, 4) is 0 Å². The minimum atomic E-state index is -0.982. The molecule has 0 fully saturated rings. The van der Waals surface area contributed by atoms with Gasteiger partial charge in [0.1, 0.15) is 0 Å². The molecule has 2 N–H and O–H groups in total. The second-order valence-electron chi connectivity index (χ2n) is 4.69. The van der Waals surface area contributed by atoms with Crippen LogP contribution in [-0.2, 0) is 4.79 Å². The number of rotatable bonds is 4. The van der Waals surface area contributed by atoms with E-state index in [9.17, 15) is 9.59 Å². The van der Waals surface area contributed by atoms with Crippen LogP contribution in [0.4, 0.5) is 5.69 Å². The van der Waals surface area contributed by atoms with Crippen LogP contribution in [0.3, 0.4) is 0 Å². The highest BCUT2D eigenvalue weighted by molar-refractivity contribution is 6.24. The van der Waals surface area contributed by atoms with E-state index in [2.05, 4.69) is 16.9 Å². The van der Waals surface area contributed by atoms with Crippen molar-refractivity contribution in [3.05, 3.63) is 53.3 Å². The summed E-state index contributed by atoms with van der Waals surface area (Å²) >= 11 is 0. The monoisotopic (exact) mass is 284 g/mol. The average Bonchev–Trinajstić information content (AvgIpc) is 2.73. The smallest absolute Gasteiger partial charge is 0.335 e. The van der Waals surface area contributed by atoms with Crippen molar-refractivity contribution in [2.75, 3.05) is 0 Å². The van der Waals surface area contributed by atoms with Crippen LogP contribution in [0.25, 0.3) is 0 Å². The molecule has 1 heterocycles. The van der Waals surface area contributed by atoms with Gasteiger partial charge < -0.3 is 10.4 Å². The van der Waals surface area contributed by atoms with E-state index in [4.69, 9.17) is 5.11 Å². The van der Waals surface area contributed by atoms with E-state index in [0.717, 1.165) is 5.57 Å². The number of carboxylic acid groups (broad SMARTS) is 1. The minimum absolute atomic E-state index is 0.194. The van der Waals surface area contributed by atoms with Gasteiger partial charge in [0, 0.05) is 5.70 Å². The highest BCUT2D eigenvalue weighted by atomic mass is 16.4. The third kappa shape index (κ3) is 2.91. The van der Waals surface area contributed by atoms with Gasteiger partial charge in [-0.05, 0) is 43.2 Å². The first-order chi connectivity index (χ1) is 9.93. The van der Waals surface area contributed by atoms with E-state index in [1.165, 1.54) is 12.1 Å². The Morgan fingerprint density at radius 1 is 1.33 bits per heavy atom. The number of hydrogen-bond acceptors (Lipinski definition) is 3. The maximum Gasteiger partial charge on any atom is 0.335 e. The first-order valence-electron chi connectivity index (χ1n) is 6.56. The van der Waals surface area contributed by atoms with Crippen LogP contribution < -0.4 is 5.32 Å². The molecule has 0 radical (unpaired) electrons. The van der Waals surface area contributed by atoms with Gasteiger partial charge >= 0.3 is 5.97 Å². The predicted molar refractivity (Wildman–Crippen MR) is 80.8 cm³/mol. The zero-order chi connectivity index (χ0) is 15.6. The summed E-state index contributed by atoms with van der Waals surface area (Å²) in [5, 5.41) is 11.5. The van der Waals surface area contributed by atoms with Crippen LogP contribution in [0, 0.1) is 0 Å². The molecule has 0 bridgehead atoms. The van der Waals surface area contributed by atoms with E-state index in [-0.39, 0.29) is 11.5 Å². The van der Waals surface area contributed by atoms with Gasteiger partial charge in [-0.1, -0.05) is 13.5 Å². The maximum absolute atomic E-state index is 11.9. The number of aromatic carboxylic acids is 1. The number of allylic oxidation sites excluding steroid dienone is 1. The van der Waals surface area contributed by atoms with Gasteiger partial charge in [0.15, 0.2) is 0 Å². The molecular formula is C16H16N2O3. The van der Waals surface area contributed by atoms with Gasteiger partial charge in [-0.2, -0.15) is 0 Å². The Morgan fingerprint density at radius 3 is 2.48 bits per heavy atom. The van der Waals surface area contributed by atoms with Gasteiger partial charge in [-0.3, -0.25) is 9.79 Å². The van der Waals surface area contributed by atoms with E-state index >= 15 is 0 Å². The molecule has 0 aliphatic carbocycles. The lowest BCUT2D eigenvalue weighted by Crippen LogP contribution is -2.18. The molecule has 5 heteroatoms. The largest absolute Gasteiger partial charge is 0.478 e. The number of carbonyl (C=O) groups is 2. The molecule has 1 aromatic rings. The summed E-state index contributed by atoms with van der Waals surface area (Å²) in [6, 6.07) is 6.19. The third-order valence-electron chi connectivity index (χ3n) is 3.28. The molecule has 0 saturated carbocycles. The molecule has 5 nitrogen and oxygen atoms in total. The Hall–Kier alpha value is -2.69. The fourth-order valence-corrected chi connectivity index (χ4v) is 2.26. The SMILES string of the molecule is C=C1NC(=O)C(C(C)=Nc2ccc(C(=O)O)cc2)=C1CC. The van der Waals surface area contributed by atoms with Crippen molar-refractivity contribution in [2.45, 2.75) is 20.3 Å². The highest BCUT2D eigenvalue weighted by Crippen LogP contribution is 2.25. The van der Waals surface area contributed by atoms with Crippen LogP contribution in [0.5, 0.6) is 0 Å². The molecule has 1 amide bonds. The first-order valence-corrected chi connectivity index (χ1v) is 6.56. The molecule has 21 heavy (non-hydrogen) atoms. The molecule has 0 aromatic heterocycles. The van der Waals surface area contributed by atoms with E-state index in [0.29, 0.717) is 29.1 Å². The number of benzene rings is 1. The normalized spacial score (nSPS) is 15.4. The number of carboxylic acids is 1. The fourth-order valence-electron chi connectivity index (χ4n) is 2.26. The molecule has 0 saturated heterocycles. The lowest BCUT2D eigenvalue weighted by molar-refractivity contribution is -0.115. The van der Waals surface area contributed by atoms with Crippen LogP contribution >= 0.6 is 0 Å². The molecular weight excluding hydrogens is 268 g/mol. The average molecular weight is 284 g/mol. The van der Waals surface area contributed by atoms with E-state index < -0.39 is 5.97 Å². The van der Waals surface area contributed by atoms with Gasteiger partial charge in [-0.15, -0.1) is 0 Å². The summed E-state index contributed by atoms with van der Waals surface area (Å²) in [4.78, 5) is 27.1. The number of nitrogens with zero attached hydrogens (tertiary/aromatic N) is 1. The first kappa shape index (κ1) is 14.7. The Labute approximate surface area is 122 Å². The number of carbonyl (C=O) groups excluding carboxylic acids is 1. The van der Waals surface area contributed by atoms with Gasteiger partial charge in [0.25, 0.3) is 5.91 Å². The third-order valence-corrected chi connectivity index (χ3v) is 3.28. The van der Waals surface area contributed by atoms with Crippen molar-refractivity contribution < 1.29 is 14.7 Å². The Balaban J connectivity index is 2.36. The van der Waals surface area contributed by atoms with E-state index in [1.807, 2.05) is 6.92 Å². The summed E-state index contributed by atoms with van der Waals surface area (Å²) in [5.74, 6) is -1.18. The van der Waals surface area contributed by atoms with Crippen molar-refractivity contribution >= 4 is 23.3 Å². The van der Waals surface area contributed by atoms with Crippen LogP contribution in [-0.4, -0.2) is 22.7 Å².